The zero-order valence-corrected chi connectivity index (χ0v) is 10.8. The molecule has 1 rings (SSSR count). The highest BCUT2D eigenvalue weighted by Gasteiger charge is 2.15. The van der Waals surface area contributed by atoms with Gasteiger partial charge in [-0.3, -0.25) is 4.79 Å². The molecule has 0 saturated heterocycles. The van der Waals surface area contributed by atoms with Crippen molar-refractivity contribution in [3.05, 3.63) is 28.8 Å². The summed E-state index contributed by atoms with van der Waals surface area (Å²) in [6.07, 6.45) is 0.0603. The van der Waals surface area contributed by atoms with Gasteiger partial charge in [-0.05, 0) is 32.0 Å². The molecule has 0 fully saturated rings. The molecule has 0 bridgehead atoms. The van der Waals surface area contributed by atoms with Crippen molar-refractivity contribution in [3.8, 4) is 5.75 Å². The molecule has 17 heavy (non-hydrogen) atoms. The Morgan fingerprint density at radius 2 is 2.29 bits per heavy atom. The number of ether oxygens (including phenoxy) is 1. The number of hydrogen-bond donors (Lipinski definition) is 2. The first-order chi connectivity index (χ1) is 8.10. The Bertz CT molecular complexity index is 396. The van der Waals surface area contributed by atoms with E-state index in [0.29, 0.717) is 23.7 Å². The maximum Gasteiger partial charge on any atom is 0.260 e. The van der Waals surface area contributed by atoms with E-state index in [1.54, 1.807) is 32.2 Å². The van der Waals surface area contributed by atoms with Crippen LogP contribution in [0, 0.1) is 0 Å². The van der Waals surface area contributed by atoms with Gasteiger partial charge in [-0.1, -0.05) is 17.7 Å². The molecule has 0 saturated carbocycles. The van der Waals surface area contributed by atoms with Gasteiger partial charge in [-0.15, -0.1) is 0 Å². The minimum atomic E-state index is -0.560. The van der Waals surface area contributed by atoms with Gasteiger partial charge in [0.15, 0.2) is 6.10 Å². The van der Waals surface area contributed by atoms with Gasteiger partial charge < -0.3 is 15.8 Å². The summed E-state index contributed by atoms with van der Waals surface area (Å²) in [6.45, 7) is 2.17. The summed E-state index contributed by atoms with van der Waals surface area (Å²) in [5.74, 6) is 0.433. The van der Waals surface area contributed by atoms with E-state index in [-0.39, 0.29) is 5.91 Å². The van der Waals surface area contributed by atoms with E-state index < -0.39 is 6.10 Å². The second-order valence-corrected chi connectivity index (χ2v) is 4.04. The van der Waals surface area contributed by atoms with E-state index in [1.807, 2.05) is 0 Å². The number of halogens is 1. The van der Waals surface area contributed by atoms with Gasteiger partial charge in [0.05, 0.1) is 0 Å². The molecule has 0 spiro atoms. The highest BCUT2D eigenvalue weighted by Crippen LogP contribution is 2.27. The number of hydrogen-bond acceptors (Lipinski definition) is 3. The minimum Gasteiger partial charge on any atom is -0.481 e. The second-order valence-electron chi connectivity index (χ2n) is 3.63. The smallest absolute Gasteiger partial charge is 0.260 e. The molecule has 1 unspecified atom stereocenters. The molecule has 1 atom stereocenters. The number of rotatable bonds is 5. The van der Waals surface area contributed by atoms with Gasteiger partial charge in [0.1, 0.15) is 5.75 Å². The number of benzene rings is 1. The first-order valence-corrected chi connectivity index (χ1v) is 5.83. The topological polar surface area (TPSA) is 64.3 Å². The molecule has 94 valence electrons. The fraction of sp³-hybridized carbons (Fsp3) is 0.417. The number of nitrogens with two attached hydrogens (primary N) is 1. The maximum atomic E-state index is 11.4. The lowest BCUT2D eigenvalue weighted by atomic mass is 10.1. The third-order valence-corrected chi connectivity index (χ3v) is 2.74. The highest BCUT2D eigenvalue weighted by atomic mass is 35.5. The summed E-state index contributed by atoms with van der Waals surface area (Å²) in [5.41, 5.74) is 6.36. The Morgan fingerprint density at radius 3 is 2.88 bits per heavy atom. The molecule has 0 aliphatic rings. The summed E-state index contributed by atoms with van der Waals surface area (Å²) in [7, 11) is 1.57. The number of carbonyl (C=O) groups excluding carboxylic acids is 1. The van der Waals surface area contributed by atoms with Crippen molar-refractivity contribution < 1.29 is 9.53 Å². The first kappa shape index (κ1) is 13.8. The van der Waals surface area contributed by atoms with Crippen LogP contribution in [0.25, 0.3) is 0 Å². The fourth-order valence-corrected chi connectivity index (χ4v) is 1.74. The summed E-state index contributed by atoms with van der Waals surface area (Å²) < 4.78 is 5.58. The molecule has 3 N–H and O–H groups in total. The van der Waals surface area contributed by atoms with Gasteiger partial charge >= 0.3 is 0 Å². The van der Waals surface area contributed by atoms with Crippen molar-refractivity contribution in [3.63, 3.8) is 0 Å². The molecular weight excluding hydrogens is 240 g/mol. The maximum absolute atomic E-state index is 11.4. The lowest BCUT2D eigenvalue weighted by Crippen LogP contribution is -2.34. The van der Waals surface area contributed by atoms with Gasteiger partial charge in [0, 0.05) is 17.6 Å². The fourth-order valence-electron chi connectivity index (χ4n) is 1.48. The molecule has 0 radical (unpaired) electrons. The lowest BCUT2D eigenvalue weighted by molar-refractivity contribution is -0.126. The van der Waals surface area contributed by atoms with Crippen LogP contribution in [0.2, 0.25) is 5.02 Å². The molecule has 0 aliphatic carbocycles. The van der Waals surface area contributed by atoms with Crippen LogP contribution in [-0.2, 0) is 11.2 Å². The third-order valence-electron chi connectivity index (χ3n) is 2.39. The van der Waals surface area contributed by atoms with Crippen LogP contribution in [0.1, 0.15) is 12.5 Å². The summed E-state index contributed by atoms with van der Waals surface area (Å²) in [4.78, 5) is 11.4. The van der Waals surface area contributed by atoms with E-state index in [2.05, 4.69) is 5.32 Å². The number of likely N-dealkylation sites (N-methyl/N-ethyl adjacent to an activating group) is 1. The molecule has 1 amide bonds. The van der Waals surface area contributed by atoms with Crippen LogP contribution in [0.3, 0.4) is 0 Å². The van der Waals surface area contributed by atoms with E-state index in [9.17, 15) is 4.79 Å². The van der Waals surface area contributed by atoms with Crippen molar-refractivity contribution in [2.45, 2.75) is 19.4 Å². The Hall–Kier alpha value is -1.26. The molecular formula is C12H17ClN2O2. The van der Waals surface area contributed by atoms with Crippen LogP contribution >= 0.6 is 11.6 Å². The molecule has 0 aliphatic heterocycles. The van der Waals surface area contributed by atoms with Gasteiger partial charge in [0.25, 0.3) is 5.91 Å². The van der Waals surface area contributed by atoms with Gasteiger partial charge in [-0.25, -0.2) is 0 Å². The van der Waals surface area contributed by atoms with Crippen molar-refractivity contribution in [1.29, 1.82) is 0 Å². The predicted molar refractivity (Wildman–Crippen MR) is 68.4 cm³/mol. The summed E-state index contributed by atoms with van der Waals surface area (Å²) in [6, 6.07) is 5.36. The lowest BCUT2D eigenvalue weighted by Gasteiger charge is -2.16. The Kier molecular flexibility index (Phi) is 5.25. The van der Waals surface area contributed by atoms with E-state index >= 15 is 0 Å². The van der Waals surface area contributed by atoms with E-state index in [1.165, 1.54) is 0 Å². The molecule has 0 aromatic heterocycles. The summed E-state index contributed by atoms with van der Waals surface area (Å²) in [5, 5.41) is 3.14. The predicted octanol–water partition coefficient (Wildman–Crippen LogP) is 1.35. The first-order valence-electron chi connectivity index (χ1n) is 5.45. The largest absolute Gasteiger partial charge is 0.481 e. The minimum absolute atomic E-state index is 0.177. The molecule has 4 nitrogen and oxygen atoms in total. The van der Waals surface area contributed by atoms with Gasteiger partial charge in [-0.2, -0.15) is 0 Å². The monoisotopic (exact) mass is 256 g/mol. The second kappa shape index (κ2) is 6.47. The van der Waals surface area contributed by atoms with Crippen LogP contribution in [0.5, 0.6) is 5.75 Å². The SMILES string of the molecule is CNC(=O)C(C)Oc1cccc(Cl)c1CCN. The zero-order valence-electron chi connectivity index (χ0n) is 10.00. The number of nitrogens with one attached hydrogen (secondary N) is 1. The molecule has 5 heteroatoms. The average molecular weight is 257 g/mol. The number of carbonyl (C=O) groups is 1. The van der Waals surface area contributed by atoms with Crippen molar-refractivity contribution in [1.82, 2.24) is 5.32 Å². The Labute approximate surface area is 106 Å². The van der Waals surface area contributed by atoms with Crippen molar-refractivity contribution in [2.24, 2.45) is 5.73 Å². The quantitative estimate of drug-likeness (QED) is 0.836. The van der Waals surface area contributed by atoms with Crippen molar-refractivity contribution >= 4 is 17.5 Å². The van der Waals surface area contributed by atoms with E-state index in [0.717, 1.165) is 5.56 Å². The number of amides is 1. The normalized spacial score (nSPS) is 12.0. The van der Waals surface area contributed by atoms with Crippen LogP contribution in [0.15, 0.2) is 18.2 Å². The highest BCUT2D eigenvalue weighted by molar-refractivity contribution is 6.31. The third kappa shape index (κ3) is 3.61. The Morgan fingerprint density at radius 1 is 1.59 bits per heavy atom. The Balaban J connectivity index is 2.90. The molecule has 1 aromatic carbocycles. The van der Waals surface area contributed by atoms with Crippen LogP contribution in [-0.4, -0.2) is 25.6 Å². The van der Waals surface area contributed by atoms with Crippen molar-refractivity contribution in [2.75, 3.05) is 13.6 Å². The zero-order chi connectivity index (χ0) is 12.8. The molecule has 0 heterocycles. The van der Waals surface area contributed by atoms with E-state index in [4.69, 9.17) is 22.1 Å². The summed E-state index contributed by atoms with van der Waals surface area (Å²) >= 11 is 6.07. The van der Waals surface area contributed by atoms with Crippen LogP contribution < -0.4 is 15.8 Å². The average Bonchev–Trinajstić information content (AvgIpc) is 2.32. The molecule has 1 aromatic rings. The van der Waals surface area contributed by atoms with Gasteiger partial charge in [0.2, 0.25) is 0 Å². The van der Waals surface area contributed by atoms with Crippen LogP contribution in [0.4, 0.5) is 0 Å². The standard InChI is InChI=1S/C12H17ClN2O2/c1-8(12(16)15-2)17-11-5-3-4-10(13)9(11)6-7-14/h3-5,8H,6-7,14H2,1-2H3,(H,15,16).